The van der Waals surface area contributed by atoms with Crippen molar-refractivity contribution >= 4 is 11.6 Å². The van der Waals surface area contributed by atoms with Gasteiger partial charge in [-0.3, -0.25) is 4.79 Å². The topological polar surface area (TPSA) is 78.9 Å². The number of halogens is 1. The summed E-state index contributed by atoms with van der Waals surface area (Å²) in [5.41, 5.74) is 5.62. The summed E-state index contributed by atoms with van der Waals surface area (Å²) >= 11 is 0. The monoisotopic (exact) mass is 277 g/mol. The van der Waals surface area contributed by atoms with Crippen LogP contribution in [0.4, 0.5) is 10.1 Å². The highest BCUT2D eigenvalue weighted by molar-refractivity contribution is 5.94. The molecule has 20 heavy (non-hydrogen) atoms. The number of rotatable bonds is 4. The lowest BCUT2D eigenvalue weighted by molar-refractivity contribution is -0.120. The third-order valence-electron chi connectivity index (χ3n) is 2.90. The molecule has 4 nitrogen and oxygen atoms in total. The molecule has 0 radical (unpaired) electrons. The number of carbonyl (C=O) groups is 1. The van der Waals surface area contributed by atoms with Crippen LogP contribution in [-0.2, 0) is 4.79 Å². The van der Waals surface area contributed by atoms with E-state index in [1.807, 2.05) is 20.8 Å². The minimum atomic E-state index is -0.648. The van der Waals surface area contributed by atoms with E-state index >= 15 is 0 Å². The average Bonchev–Trinajstić information content (AvgIpc) is 2.35. The lowest BCUT2D eigenvalue weighted by Gasteiger charge is -2.24. The highest BCUT2D eigenvalue weighted by atomic mass is 19.1. The molecule has 0 spiro atoms. The minimum absolute atomic E-state index is 0.0403. The molecular formula is C15H20FN3O. The van der Waals surface area contributed by atoms with Gasteiger partial charge in [-0.15, -0.1) is 0 Å². The first-order valence-electron chi connectivity index (χ1n) is 6.48. The molecule has 5 heteroatoms. The Kier molecular flexibility index (Phi) is 5.23. The normalized spacial score (nSPS) is 12.6. The molecule has 1 rings (SSSR count). The molecule has 1 aromatic carbocycles. The van der Waals surface area contributed by atoms with E-state index in [2.05, 4.69) is 5.32 Å². The van der Waals surface area contributed by atoms with Crippen LogP contribution in [0.1, 0.15) is 32.8 Å². The maximum Gasteiger partial charge on any atom is 0.228 e. The van der Waals surface area contributed by atoms with Gasteiger partial charge in [-0.2, -0.15) is 5.26 Å². The number of nitrogens with two attached hydrogens (primary N) is 1. The number of hydrogen-bond acceptors (Lipinski definition) is 3. The van der Waals surface area contributed by atoms with Gasteiger partial charge in [0, 0.05) is 6.54 Å². The van der Waals surface area contributed by atoms with E-state index < -0.39 is 5.82 Å². The molecule has 0 bridgehead atoms. The van der Waals surface area contributed by atoms with E-state index in [4.69, 9.17) is 11.0 Å². The van der Waals surface area contributed by atoms with Gasteiger partial charge in [-0.05, 0) is 24.0 Å². The van der Waals surface area contributed by atoms with Crippen molar-refractivity contribution in [3.8, 4) is 6.07 Å². The van der Waals surface area contributed by atoms with Crippen LogP contribution in [0, 0.1) is 28.5 Å². The molecule has 0 fully saturated rings. The zero-order valence-corrected chi connectivity index (χ0v) is 12.0. The molecule has 0 saturated heterocycles. The average molecular weight is 277 g/mol. The maximum absolute atomic E-state index is 13.5. The molecular weight excluding hydrogens is 257 g/mol. The summed E-state index contributed by atoms with van der Waals surface area (Å²) in [5, 5.41) is 11.5. The third kappa shape index (κ3) is 4.32. The molecule has 0 aliphatic carbocycles. The predicted octanol–water partition coefficient (Wildman–Crippen LogP) is 2.65. The van der Waals surface area contributed by atoms with Crippen LogP contribution in [0.25, 0.3) is 0 Å². The lowest BCUT2D eigenvalue weighted by atomic mass is 9.84. The molecule has 0 saturated carbocycles. The minimum Gasteiger partial charge on any atom is -0.330 e. The van der Waals surface area contributed by atoms with Gasteiger partial charge in [0.15, 0.2) is 0 Å². The van der Waals surface area contributed by atoms with Crippen LogP contribution >= 0.6 is 0 Å². The standard InChI is InChI=1S/C15H20FN3O/c1-15(2,3)7-10(8-17)14(20)19-13-6-4-5-12(16)11(13)9-18/h4-6,10H,7-8,17H2,1-3H3,(H,19,20). The van der Waals surface area contributed by atoms with Gasteiger partial charge in [-0.1, -0.05) is 26.8 Å². The van der Waals surface area contributed by atoms with Crippen LogP contribution < -0.4 is 11.1 Å². The van der Waals surface area contributed by atoms with Gasteiger partial charge in [0.25, 0.3) is 0 Å². The first-order valence-corrected chi connectivity index (χ1v) is 6.48. The third-order valence-corrected chi connectivity index (χ3v) is 2.90. The Morgan fingerprint density at radius 1 is 1.50 bits per heavy atom. The van der Waals surface area contributed by atoms with Gasteiger partial charge in [0.05, 0.1) is 11.6 Å². The van der Waals surface area contributed by atoms with Crippen molar-refractivity contribution in [1.29, 1.82) is 5.26 Å². The summed E-state index contributed by atoms with van der Waals surface area (Å²) < 4.78 is 13.5. The SMILES string of the molecule is CC(C)(C)CC(CN)C(=O)Nc1cccc(F)c1C#N. The molecule has 0 aliphatic rings. The van der Waals surface area contributed by atoms with Crippen LogP contribution in [0.2, 0.25) is 0 Å². The number of amides is 1. The number of anilines is 1. The van der Waals surface area contributed by atoms with Crippen molar-refractivity contribution in [3.63, 3.8) is 0 Å². The van der Waals surface area contributed by atoms with Crippen LogP contribution in [0.3, 0.4) is 0 Å². The Morgan fingerprint density at radius 3 is 2.65 bits per heavy atom. The molecule has 1 amide bonds. The quantitative estimate of drug-likeness (QED) is 0.888. The second-order valence-corrected chi connectivity index (χ2v) is 5.96. The fourth-order valence-corrected chi connectivity index (χ4v) is 2.00. The zero-order chi connectivity index (χ0) is 15.3. The Morgan fingerprint density at radius 2 is 2.15 bits per heavy atom. The molecule has 0 aliphatic heterocycles. The lowest BCUT2D eigenvalue weighted by Crippen LogP contribution is -2.32. The van der Waals surface area contributed by atoms with E-state index in [0.29, 0.717) is 6.42 Å². The van der Waals surface area contributed by atoms with E-state index in [1.54, 1.807) is 6.07 Å². The van der Waals surface area contributed by atoms with Gasteiger partial charge in [-0.25, -0.2) is 4.39 Å². The number of nitriles is 1. The first kappa shape index (κ1) is 16.1. The summed E-state index contributed by atoms with van der Waals surface area (Å²) in [7, 11) is 0. The molecule has 0 aromatic heterocycles. The fraction of sp³-hybridized carbons (Fsp3) is 0.467. The van der Waals surface area contributed by atoms with Crippen LogP contribution in [0.15, 0.2) is 18.2 Å². The molecule has 3 N–H and O–H groups in total. The van der Waals surface area contributed by atoms with Gasteiger partial charge < -0.3 is 11.1 Å². The second-order valence-electron chi connectivity index (χ2n) is 5.96. The maximum atomic E-state index is 13.5. The second kappa shape index (κ2) is 6.49. The number of nitrogens with one attached hydrogen (secondary N) is 1. The Labute approximate surface area is 118 Å². The summed E-state index contributed by atoms with van der Waals surface area (Å²) in [6, 6.07) is 5.89. The van der Waals surface area contributed by atoms with Crippen molar-refractivity contribution in [1.82, 2.24) is 0 Å². The van der Waals surface area contributed by atoms with E-state index in [9.17, 15) is 9.18 Å². The highest BCUT2D eigenvalue weighted by Crippen LogP contribution is 2.25. The van der Waals surface area contributed by atoms with Crippen molar-refractivity contribution in [2.24, 2.45) is 17.1 Å². The fourth-order valence-electron chi connectivity index (χ4n) is 2.00. The van der Waals surface area contributed by atoms with Crippen molar-refractivity contribution in [3.05, 3.63) is 29.6 Å². The summed E-state index contributed by atoms with van der Waals surface area (Å²) in [4.78, 5) is 12.2. The smallest absolute Gasteiger partial charge is 0.228 e. The Bertz CT molecular complexity index is 529. The molecule has 0 heterocycles. The van der Waals surface area contributed by atoms with Gasteiger partial charge in [0.2, 0.25) is 5.91 Å². The number of benzene rings is 1. The van der Waals surface area contributed by atoms with Crippen LogP contribution in [0.5, 0.6) is 0 Å². The summed E-state index contributed by atoms with van der Waals surface area (Å²) in [6.45, 7) is 6.27. The Hall–Kier alpha value is -1.93. The van der Waals surface area contributed by atoms with E-state index in [-0.39, 0.29) is 35.0 Å². The highest BCUT2D eigenvalue weighted by Gasteiger charge is 2.24. The summed E-state index contributed by atoms with van der Waals surface area (Å²) in [5.74, 6) is -1.31. The number of hydrogen-bond donors (Lipinski definition) is 2. The largest absolute Gasteiger partial charge is 0.330 e. The van der Waals surface area contributed by atoms with E-state index in [0.717, 1.165) is 0 Å². The van der Waals surface area contributed by atoms with E-state index in [1.165, 1.54) is 18.2 Å². The predicted molar refractivity (Wildman–Crippen MR) is 76.4 cm³/mol. The van der Waals surface area contributed by atoms with Crippen molar-refractivity contribution < 1.29 is 9.18 Å². The zero-order valence-electron chi connectivity index (χ0n) is 12.0. The first-order chi connectivity index (χ1) is 9.28. The van der Waals surface area contributed by atoms with Crippen LogP contribution in [-0.4, -0.2) is 12.5 Å². The number of carbonyl (C=O) groups excluding carboxylic acids is 1. The van der Waals surface area contributed by atoms with Crippen molar-refractivity contribution in [2.45, 2.75) is 27.2 Å². The van der Waals surface area contributed by atoms with Gasteiger partial charge >= 0.3 is 0 Å². The molecule has 108 valence electrons. The van der Waals surface area contributed by atoms with Crippen molar-refractivity contribution in [2.75, 3.05) is 11.9 Å². The Balaban J connectivity index is 2.90. The number of nitrogens with zero attached hydrogens (tertiary/aromatic N) is 1. The van der Waals surface area contributed by atoms with Gasteiger partial charge in [0.1, 0.15) is 17.4 Å². The molecule has 1 aromatic rings. The molecule has 1 atom stereocenters. The summed E-state index contributed by atoms with van der Waals surface area (Å²) in [6.07, 6.45) is 0.618. The molecule has 1 unspecified atom stereocenters.